The van der Waals surface area contributed by atoms with Crippen LogP contribution in [0, 0.1) is 40.4 Å². The number of amides is 2. The quantitative estimate of drug-likeness (QED) is 0.572. The van der Waals surface area contributed by atoms with E-state index in [-0.39, 0.29) is 28.6 Å². The number of hydrogen-bond acceptors (Lipinski definition) is 2. The highest BCUT2D eigenvalue weighted by Gasteiger charge is 2.60. The van der Waals surface area contributed by atoms with E-state index in [1.807, 2.05) is 24.3 Å². The highest BCUT2D eigenvalue weighted by molar-refractivity contribution is 5.97. The van der Waals surface area contributed by atoms with Crippen molar-refractivity contribution in [1.29, 1.82) is 0 Å². The first-order chi connectivity index (χ1) is 14.7. The molecule has 6 rings (SSSR count). The lowest BCUT2D eigenvalue weighted by molar-refractivity contribution is -0.140. The van der Waals surface area contributed by atoms with E-state index in [4.69, 9.17) is 0 Å². The zero-order valence-corrected chi connectivity index (χ0v) is 19.3. The summed E-state index contributed by atoms with van der Waals surface area (Å²) in [5, 5.41) is 6.27. The average molecular weight is 421 g/mol. The van der Waals surface area contributed by atoms with E-state index in [0.29, 0.717) is 5.92 Å². The smallest absolute Gasteiger partial charge is 0.230 e. The molecule has 1 aromatic carbocycles. The molecule has 0 saturated heterocycles. The fourth-order valence-electron chi connectivity index (χ4n) is 7.36. The molecule has 2 N–H and O–H groups in total. The van der Waals surface area contributed by atoms with Gasteiger partial charge in [-0.15, -0.1) is 0 Å². The Balaban J connectivity index is 1.21. The van der Waals surface area contributed by atoms with Crippen LogP contribution in [-0.4, -0.2) is 11.8 Å². The molecular weight excluding hydrogens is 384 g/mol. The Kier molecular flexibility index (Phi) is 4.84. The van der Waals surface area contributed by atoms with E-state index in [1.54, 1.807) is 0 Å². The van der Waals surface area contributed by atoms with Crippen LogP contribution in [0.25, 0.3) is 0 Å². The van der Waals surface area contributed by atoms with Gasteiger partial charge in [0.25, 0.3) is 0 Å². The molecule has 166 valence electrons. The summed E-state index contributed by atoms with van der Waals surface area (Å²) in [5.74, 6) is 2.89. The summed E-state index contributed by atoms with van der Waals surface area (Å²) in [7, 11) is 0. The molecule has 4 bridgehead atoms. The van der Waals surface area contributed by atoms with Crippen molar-refractivity contribution in [1.82, 2.24) is 0 Å². The third-order valence-electron chi connectivity index (χ3n) is 8.64. The van der Waals surface area contributed by atoms with E-state index >= 15 is 0 Å². The van der Waals surface area contributed by atoms with E-state index in [1.165, 1.54) is 24.8 Å². The van der Waals surface area contributed by atoms with Crippen molar-refractivity contribution in [3.63, 3.8) is 0 Å². The van der Waals surface area contributed by atoms with Gasteiger partial charge in [0, 0.05) is 11.4 Å². The highest BCUT2D eigenvalue weighted by atomic mass is 16.2. The van der Waals surface area contributed by atoms with Crippen molar-refractivity contribution in [2.75, 3.05) is 10.6 Å². The van der Waals surface area contributed by atoms with Crippen LogP contribution in [0.4, 0.5) is 11.4 Å². The molecule has 2 atom stereocenters. The van der Waals surface area contributed by atoms with E-state index in [9.17, 15) is 9.59 Å². The molecule has 0 aromatic heterocycles. The van der Waals surface area contributed by atoms with Crippen molar-refractivity contribution in [3.8, 4) is 0 Å². The van der Waals surface area contributed by atoms with Gasteiger partial charge >= 0.3 is 0 Å². The molecule has 0 heterocycles. The fourth-order valence-corrected chi connectivity index (χ4v) is 7.36. The van der Waals surface area contributed by atoms with E-state index in [2.05, 4.69) is 44.4 Å². The summed E-state index contributed by atoms with van der Waals surface area (Å²) in [6.45, 7) is 8.48. The van der Waals surface area contributed by atoms with Crippen molar-refractivity contribution >= 4 is 23.2 Å². The minimum absolute atomic E-state index is 0.00707. The highest BCUT2D eigenvalue weighted by Crippen LogP contribution is 2.61. The maximum absolute atomic E-state index is 13.2. The summed E-state index contributed by atoms with van der Waals surface area (Å²) < 4.78 is 0. The number of carbonyl (C=O) groups excluding carboxylic acids is 2. The van der Waals surface area contributed by atoms with Gasteiger partial charge in [-0.25, -0.2) is 0 Å². The van der Waals surface area contributed by atoms with Crippen LogP contribution < -0.4 is 10.6 Å². The van der Waals surface area contributed by atoms with Crippen molar-refractivity contribution in [3.05, 3.63) is 35.9 Å². The van der Waals surface area contributed by atoms with Crippen LogP contribution in [0.2, 0.25) is 0 Å². The zero-order chi connectivity index (χ0) is 22.0. The Bertz CT molecular complexity index is 888. The Morgan fingerprint density at radius 3 is 1.84 bits per heavy atom. The normalized spacial score (nSPS) is 36.6. The second kappa shape index (κ2) is 7.21. The largest absolute Gasteiger partial charge is 0.326 e. The Hall–Kier alpha value is -2.10. The molecule has 0 radical (unpaired) electrons. The molecule has 5 fully saturated rings. The van der Waals surface area contributed by atoms with Gasteiger partial charge in [-0.1, -0.05) is 25.5 Å². The fraction of sp³-hybridized carbons (Fsp3) is 0.630. The summed E-state index contributed by atoms with van der Waals surface area (Å²) in [5.41, 5.74) is 2.74. The second-order valence-electron chi connectivity index (χ2n) is 11.8. The number of nitrogens with one attached hydrogen (secondary N) is 2. The van der Waals surface area contributed by atoms with Crippen LogP contribution in [0.1, 0.15) is 66.2 Å². The van der Waals surface area contributed by atoms with Gasteiger partial charge < -0.3 is 10.6 Å². The minimum Gasteiger partial charge on any atom is -0.326 e. The van der Waals surface area contributed by atoms with Crippen LogP contribution in [0.3, 0.4) is 0 Å². The van der Waals surface area contributed by atoms with Gasteiger partial charge in [0.05, 0.1) is 11.3 Å². The third-order valence-corrected chi connectivity index (χ3v) is 8.64. The Morgan fingerprint density at radius 2 is 1.35 bits per heavy atom. The van der Waals surface area contributed by atoms with Crippen molar-refractivity contribution in [2.24, 2.45) is 40.4 Å². The lowest BCUT2D eigenvalue weighted by atomic mass is 9.49. The summed E-state index contributed by atoms with van der Waals surface area (Å²) >= 11 is 0. The molecule has 4 heteroatoms. The SMILES string of the molecule is CC(C)=C[C@H]1[C@H](C(=O)Nc2ccc(NC(=O)C34CC5CC(CC(C5)C3)C4)cc2)C1(C)C. The zero-order valence-electron chi connectivity index (χ0n) is 19.3. The first kappa shape index (κ1) is 20.8. The summed E-state index contributed by atoms with van der Waals surface area (Å²) in [6, 6.07) is 7.64. The molecule has 5 saturated carbocycles. The molecule has 1 aromatic rings. The maximum Gasteiger partial charge on any atom is 0.230 e. The van der Waals surface area contributed by atoms with Crippen LogP contribution in [-0.2, 0) is 9.59 Å². The molecule has 5 aliphatic rings. The monoisotopic (exact) mass is 420 g/mol. The number of rotatable bonds is 5. The molecule has 0 spiro atoms. The summed E-state index contributed by atoms with van der Waals surface area (Å²) in [6.07, 6.45) is 9.45. The average Bonchev–Trinajstić information content (AvgIpc) is 3.21. The van der Waals surface area contributed by atoms with Gasteiger partial charge in [-0.3, -0.25) is 9.59 Å². The van der Waals surface area contributed by atoms with Crippen molar-refractivity contribution < 1.29 is 9.59 Å². The molecule has 2 amide bonds. The van der Waals surface area contributed by atoms with Gasteiger partial charge in [0.15, 0.2) is 0 Å². The minimum atomic E-state index is -0.140. The lowest BCUT2D eigenvalue weighted by Crippen LogP contribution is -2.51. The first-order valence-electron chi connectivity index (χ1n) is 12.0. The number of carbonyl (C=O) groups is 2. The van der Waals surface area contributed by atoms with E-state index < -0.39 is 0 Å². The lowest BCUT2D eigenvalue weighted by Gasteiger charge is -2.55. The van der Waals surface area contributed by atoms with Crippen LogP contribution in [0.5, 0.6) is 0 Å². The number of benzene rings is 1. The summed E-state index contributed by atoms with van der Waals surface area (Å²) in [4.78, 5) is 26.0. The first-order valence-corrected chi connectivity index (χ1v) is 12.0. The number of hydrogen-bond donors (Lipinski definition) is 2. The predicted octanol–water partition coefficient (Wildman–Crippen LogP) is 6.02. The Morgan fingerprint density at radius 1 is 0.871 bits per heavy atom. The molecule has 0 unspecified atom stereocenters. The number of anilines is 2. The van der Waals surface area contributed by atoms with E-state index in [0.717, 1.165) is 48.4 Å². The predicted molar refractivity (Wildman–Crippen MR) is 124 cm³/mol. The van der Waals surface area contributed by atoms with Gasteiger partial charge in [0.2, 0.25) is 11.8 Å². The Labute approximate surface area is 186 Å². The van der Waals surface area contributed by atoms with Gasteiger partial charge in [0.1, 0.15) is 0 Å². The maximum atomic E-state index is 13.2. The number of allylic oxidation sites excluding steroid dienone is 2. The van der Waals surface area contributed by atoms with Crippen molar-refractivity contribution in [2.45, 2.75) is 66.2 Å². The van der Waals surface area contributed by atoms with Crippen LogP contribution >= 0.6 is 0 Å². The van der Waals surface area contributed by atoms with Gasteiger partial charge in [-0.2, -0.15) is 0 Å². The molecule has 4 nitrogen and oxygen atoms in total. The molecule has 5 aliphatic carbocycles. The topological polar surface area (TPSA) is 58.2 Å². The molecule has 0 aliphatic heterocycles. The second-order valence-corrected chi connectivity index (χ2v) is 11.8. The molecular formula is C27H36N2O2. The third kappa shape index (κ3) is 3.72. The molecule has 31 heavy (non-hydrogen) atoms. The van der Waals surface area contributed by atoms with Crippen LogP contribution in [0.15, 0.2) is 35.9 Å². The van der Waals surface area contributed by atoms with Gasteiger partial charge in [-0.05, 0) is 106 Å². The standard InChI is InChI=1S/C27H36N2O2/c1-16(2)9-22-23(26(22,3)4)24(30)28-20-5-7-21(8-6-20)29-25(31)27-13-17-10-18(14-27)12-19(11-17)15-27/h5-9,17-19,22-23H,10-15H2,1-4H3,(H,28,30)(H,29,31)/t17?,18?,19?,22-,23+,27?/m0/s1.